The number of likely N-dealkylation sites (N-methyl/N-ethyl adjacent to an activating group) is 1. The fourth-order valence-corrected chi connectivity index (χ4v) is 12.6. The largest absolute Gasteiger partial charge is 0.504 e. The molecular weight excluding hydrogens is 821 g/mol. The van der Waals surface area contributed by atoms with Crippen LogP contribution in [-0.2, 0) is 37.4 Å². The number of thioether (sulfide) groups is 1. The Labute approximate surface area is 363 Å². The fraction of sp³-hybridized carbons (Fsp3) is 0.511. The Morgan fingerprint density at radius 1 is 1.00 bits per heavy atom. The molecule has 3 aromatic rings. The molecule has 7 aliphatic rings. The standard InChI is InChI=1S/C45H50N4O12S/c1-20-12-24-13-26-27(16-46)48-28-17-57-42(53)45(25-15-30(55-8)29(51)14-23(25)10-11-47(45)7)18-62-41(33-32(28)40-39(58-19-59-40)21(2)38(33)60-22(3)50)35(48)34(31(24)36(52)37(20)56-9)49(26)43(54)61-44(4,5)6/h12,14-15,26-28,34-35,41,51-52H,10-11,13,17-19H2,1-9H3/t26-,27+,28+,34+,35?,41-,45-/m1/s1. The van der Waals surface area contributed by atoms with E-state index in [4.69, 9.17) is 33.2 Å². The molecule has 1 unspecified atom stereocenters. The highest BCUT2D eigenvalue weighted by molar-refractivity contribution is 7.99. The molecule has 0 aliphatic carbocycles. The van der Waals surface area contributed by atoms with E-state index < -0.39 is 64.6 Å². The number of nitrogens with zero attached hydrogens (tertiary/aromatic N) is 4. The number of hydrogen-bond acceptors (Lipinski definition) is 16. The second kappa shape index (κ2) is 14.8. The Hall–Kier alpha value is -5.57. The lowest BCUT2D eigenvalue weighted by Crippen LogP contribution is -2.71. The van der Waals surface area contributed by atoms with E-state index in [0.29, 0.717) is 57.8 Å². The number of amides is 1. The third-order valence-electron chi connectivity index (χ3n) is 13.2. The van der Waals surface area contributed by atoms with Crippen LogP contribution >= 0.6 is 11.8 Å². The van der Waals surface area contributed by atoms with E-state index in [1.807, 2.05) is 29.8 Å². The number of benzene rings is 3. The Balaban J connectivity index is 1.37. The van der Waals surface area contributed by atoms with E-state index in [0.717, 1.165) is 11.1 Å². The number of ether oxygens (including phenoxy) is 7. The molecule has 2 fully saturated rings. The average molecular weight is 871 g/mol. The maximum absolute atomic E-state index is 15.1. The number of phenolic OH excluding ortho intramolecular Hbond substituents is 2. The summed E-state index contributed by atoms with van der Waals surface area (Å²) < 4.78 is 42.6. The third kappa shape index (κ3) is 5.96. The zero-order chi connectivity index (χ0) is 44.3. The number of rotatable bonds is 3. The highest BCUT2D eigenvalue weighted by Crippen LogP contribution is 2.65. The Morgan fingerprint density at radius 2 is 1.74 bits per heavy atom. The van der Waals surface area contributed by atoms with Crippen LogP contribution in [0.25, 0.3) is 0 Å². The Bertz CT molecular complexity index is 2480. The molecule has 17 heteroatoms. The highest BCUT2D eigenvalue weighted by Gasteiger charge is 2.64. The molecule has 16 nitrogen and oxygen atoms in total. The van der Waals surface area contributed by atoms with Gasteiger partial charge in [0.2, 0.25) is 6.79 Å². The average Bonchev–Trinajstić information content (AvgIpc) is 3.70. The van der Waals surface area contributed by atoms with Crippen LogP contribution < -0.4 is 23.7 Å². The molecule has 4 bridgehead atoms. The number of esters is 2. The number of hydrogen-bond donors (Lipinski definition) is 2. The molecule has 62 heavy (non-hydrogen) atoms. The van der Waals surface area contributed by atoms with Crippen molar-refractivity contribution in [3.8, 4) is 46.3 Å². The van der Waals surface area contributed by atoms with E-state index in [2.05, 4.69) is 6.07 Å². The van der Waals surface area contributed by atoms with Crippen molar-refractivity contribution >= 4 is 29.8 Å². The van der Waals surface area contributed by atoms with E-state index in [1.54, 1.807) is 44.7 Å². The van der Waals surface area contributed by atoms with Gasteiger partial charge < -0.3 is 43.4 Å². The first-order valence-corrected chi connectivity index (χ1v) is 21.6. The molecule has 328 valence electrons. The molecular formula is C45H50N4O12S. The first-order chi connectivity index (χ1) is 29.5. The minimum absolute atomic E-state index is 0.0469. The lowest BCUT2D eigenvalue weighted by molar-refractivity contribution is -0.163. The van der Waals surface area contributed by atoms with Crippen molar-refractivity contribution in [2.45, 2.75) is 101 Å². The van der Waals surface area contributed by atoms with Crippen LogP contribution in [0.4, 0.5) is 4.79 Å². The maximum Gasteiger partial charge on any atom is 0.411 e. The summed E-state index contributed by atoms with van der Waals surface area (Å²) in [6.45, 7) is 10.3. The minimum Gasteiger partial charge on any atom is -0.504 e. The van der Waals surface area contributed by atoms with Crippen molar-refractivity contribution in [1.82, 2.24) is 14.7 Å². The van der Waals surface area contributed by atoms with E-state index in [-0.39, 0.29) is 54.3 Å². The van der Waals surface area contributed by atoms with Crippen LogP contribution in [-0.4, -0.2) is 114 Å². The first-order valence-electron chi connectivity index (χ1n) is 20.6. The molecule has 2 N–H and O–H groups in total. The number of aromatic hydroxyl groups is 2. The summed E-state index contributed by atoms with van der Waals surface area (Å²) in [6, 6.07) is 3.21. The summed E-state index contributed by atoms with van der Waals surface area (Å²) >= 11 is 1.38. The third-order valence-corrected chi connectivity index (χ3v) is 14.7. The molecule has 2 saturated heterocycles. The molecule has 1 amide bonds. The number of carbonyl (C=O) groups excluding carboxylic acids is 3. The number of phenols is 2. The van der Waals surface area contributed by atoms with Gasteiger partial charge >= 0.3 is 18.0 Å². The van der Waals surface area contributed by atoms with Crippen LogP contribution in [0.15, 0.2) is 18.2 Å². The van der Waals surface area contributed by atoms with Gasteiger partial charge in [-0.3, -0.25) is 19.5 Å². The lowest BCUT2D eigenvalue weighted by Gasteiger charge is -2.62. The Kier molecular flexibility index (Phi) is 9.95. The number of carbonyl (C=O) groups is 3. The number of fused-ring (bicyclic) bond motifs is 9. The fourth-order valence-electron chi connectivity index (χ4n) is 10.8. The topological polar surface area (TPSA) is 190 Å². The molecule has 7 heterocycles. The van der Waals surface area contributed by atoms with Crippen LogP contribution in [0.2, 0.25) is 0 Å². The van der Waals surface area contributed by atoms with Gasteiger partial charge in [0.25, 0.3) is 0 Å². The van der Waals surface area contributed by atoms with Crippen molar-refractivity contribution in [1.29, 1.82) is 5.26 Å². The van der Waals surface area contributed by atoms with Gasteiger partial charge in [0.1, 0.15) is 24.0 Å². The van der Waals surface area contributed by atoms with Crippen molar-refractivity contribution in [2.75, 3.05) is 47.0 Å². The van der Waals surface area contributed by atoms with Crippen molar-refractivity contribution in [2.24, 2.45) is 0 Å². The second-order valence-electron chi connectivity index (χ2n) is 17.8. The Morgan fingerprint density at radius 3 is 2.42 bits per heavy atom. The van der Waals surface area contributed by atoms with Gasteiger partial charge in [-0.1, -0.05) is 6.07 Å². The smallest absolute Gasteiger partial charge is 0.411 e. The molecule has 7 atom stereocenters. The zero-order valence-electron chi connectivity index (χ0n) is 36.1. The van der Waals surface area contributed by atoms with Gasteiger partial charge in [0.05, 0.1) is 49.7 Å². The summed E-state index contributed by atoms with van der Waals surface area (Å²) in [5.74, 6) is 0.108. The summed E-state index contributed by atoms with van der Waals surface area (Å²) in [4.78, 5) is 48.7. The summed E-state index contributed by atoms with van der Waals surface area (Å²) in [7, 11) is 4.77. The van der Waals surface area contributed by atoms with Gasteiger partial charge in [-0.25, -0.2) is 9.59 Å². The molecule has 0 radical (unpaired) electrons. The number of piperazine rings is 1. The minimum atomic E-state index is -1.43. The zero-order valence-corrected chi connectivity index (χ0v) is 36.9. The summed E-state index contributed by atoms with van der Waals surface area (Å²) in [5.41, 5.74) is 2.45. The van der Waals surface area contributed by atoms with E-state index in [9.17, 15) is 25.1 Å². The van der Waals surface area contributed by atoms with Crippen LogP contribution in [0.3, 0.4) is 0 Å². The van der Waals surface area contributed by atoms with Crippen LogP contribution in [0.1, 0.15) is 89.5 Å². The quantitative estimate of drug-likeness (QED) is 0.243. The lowest BCUT2D eigenvalue weighted by atomic mass is 9.71. The van der Waals surface area contributed by atoms with E-state index >= 15 is 4.79 Å². The molecule has 7 aliphatic heterocycles. The van der Waals surface area contributed by atoms with Crippen molar-refractivity contribution in [3.63, 3.8) is 0 Å². The second-order valence-corrected chi connectivity index (χ2v) is 18.9. The van der Waals surface area contributed by atoms with Gasteiger partial charge in [-0.15, -0.1) is 11.8 Å². The van der Waals surface area contributed by atoms with Gasteiger partial charge in [0, 0.05) is 41.5 Å². The summed E-state index contributed by atoms with van der Waals surface area (Å²) in [5, 5.41) is 33.9. The monoisotopic (exact) mass is 870 g/mol. The van der Waals surface area contributed by atoms with Crippen molar-refractivity contribution < 1.29 is 57.8 Å². The normalized spacial score (nSPS) is 27.2. The number of nitriles is 1. The molecule has 0 saturated carbocycles. The first kappa shape index (κ1) is 41.8. The maximum atomic E-state index is 15.1. The number of aryl methyl sites for hydroxylation is 1. The van der Waals surface area contributed by atoms with Gasteiger partial charge in [-0.2, -0.15) is 5.26 Å². The van der Waals surface area contributed by atoms with Gasteiger partial charge in [-0.05, 0) is 88.9 Å². The highest BCUT2D eigenvalue weighted by atomic mass is 32.2. The van der Waals surface area contributed by atoms with Crippen LogP contribution in [0.5, 0.6) is 40.2 Å². The number of methoxy groups -OCH3 is 2. The molecule has 10 rings (SSSR count). The van der Waals surface area contributed by atoms with E-state index in [1.165, 1.54) is 32.9 Å². The SMILES string of the molecule is COc1cc2c(cc1O)CCN(C)[C@]21CS[C@@H]2c3c(OC(C)=O)c(C)c4c(c3[C@H](COC1=O)N1C2[C@@H]2c3c(cc(C)c(OC)c3O)C[C@H]([C@@H]1C#N)N2C(=O)OC(C)(C)C)OCO4. The van der Waals surface area contributed by atoms with Crippen molar-refractivity contribution in [3.05, 3.63) is 62.7 Å². The molecule has 3 aromatic carbocycles. The van der Waals surface area contributed by atoms with Gasteiger partial charge in [0.15, 0.2) is 40.0 Å². The molecule has 1 spiro atoms. The predicted molar refractivity (Wildman–Crippen MR) is 223 cm³/mol. The predicted octanol–water partition coefficient (Wildman–Crippen LogP) is 5.63. The molecule has 0 aromatic heterocycles. The summed E-state index contributed by atoms with van der Waals surface area (Å²) in [6.07, 6.45) is 0.0440. The van der Waals surface area contributed by atoms with Crippen LogP contribution in [0, 0.1) is 25.2 Å².